The molecule has 102 valence electrons. The fourth-order valence-corrected chi connectivity index (χ4v) is 2.66. The number of halogens is 1. The van der Waals surface area contributed by atoms with E-state index < -0.39 is 9.84 Å². The summed E-state index contributed by atoms with van der Waals surface area (Å²) in [5.74, 6) is 0.142. The summed E-state index contributed by atoms with van der Waals surface area (Å²) in [5, 5.41) is 0. The molecule has 0 radical (unpaired) electrons. The Labute approximate surface area is 118 Å². The summed E-state index contributed by atoms with van der Waals surface area (Å²) in [5.41, 5.74) is 1.04. The molecule has 0 spiro atoms. The van der Waals surface area contributed by atoms with Gasteiger partial charge in [-0.2, -0.15) is 0 Å². The number of anilines is 1. The molecule has 0 heterocycles. The molecule has 0 aliphatic carbocycles. The first-order valence-electron chi connectivity index (χ1n) is 6.05. The van der Waals surface area contributed by atoms with Gasteiger partial charge in [0.1, 0.15) is 0 Å². The molecule has 1 aromatic rings. The van der Waals surface area contributed by atoms with Crippen LogP contribution in [-0.2, 0) is 9.84 Å². The van der Waals surface area contributed by atoms with Crippen molar-refractivity contribution in [3.8, 4) is 0 Å². The first-order chi connectivity index (χ1) is 8.36. The van der Waals surface area contributed by atoms with E-state index in [-0.39, 0.29) is 5.75 Å². The SMILES string of the molecule is CCS(=O)(=O)c1ccc(N(C)CCC(C)Br)cc1. The molecule has 0 bridgehead atoms. The Hall–Kier alpha value is -0.550. The van der Waals surface area contributed by atoms with Gasteiger partial charge in [-0.3, -0.25) is 0 Å². The Morgan fingerprint density at radius 2 is 1.83 bits per heavy atom. The van der Waals surface area contributed by atoms with Gasteiger partial charge in [0.2, 0.25) is 0 Å². The van der Waals surface area contributed by atoms with Crippen LogP contribution in [0.4, 0.5) is 5.69 Å². The molecule has 0 N–H and O–H groups in total. The fourth-order valence-electron chi connectivity index (χ4n) is 1.58. The Morgan fingerprint density at radius 1 is 1.28 bits per heavy atom. The van der Waals surface area contributed by atoms with Crippen molar-refractivity contribution in [1.29, 1.82) is 0 Å². The van der Waals surface area contributed by atoms with Gasteiger partial charge in [0.05, 0.1) is 10.6 Å². The number of benzene rings is 1. The summed E-state index contributed by atoms with van der Waals surface area (Å²) in [7, 11) is -1.08. The highest BCUT2D eigenvalue weighted by Gasteiger charge is 2.11. The van der Waals surface area contributed by atoms with Crippen molar-refractivity contribution in [1.82, 2.24) is 0 Å². The monoisotopic (exact) mass is 333 g/mol. The van der Waals surface area contributed by atoms with Crippen molar-refractivity contribution in [3.63, 3.8) is 0 Å². The van der Waals surface area contributed by atoms with Gasteiger partial charge in [0.15, 0.2) is 9.84 Å². The van der Waals surface area contributed by atoms with E-state index in [0.717, 1.165) is 18.7 Å². The normalized spacial score (nSPS) is 13.3. The number of sulfone groups is 1. The topological polar surface area (TPSA) is 37.4 Å². The summed E-state index contributed by atoms with van der Waals surface area (Å²) >= 11 is 3.52. The highest BCUT2D eigenvalue weighted by Crippen LogP contribution is 2.18. The minimum atomic E-state index is -3.09. The van der Waals surface area contributed by atoms with Gasteiger partial charge in [-0.25, -0.2) is 8.42 Å². The highest BCUT2D eigenvalue weighted by molar-refractivity contribution is 9.09. The van der Waals surface area contributed by atoms with E-state index in [9.17, 15) is 8.42 Å². The molecule has 0 fully saturated rings. The van der Waals surface area contributed by atoms with Crippen LogP contribution in [0, 0.1) is 0 Å². The summed E-state index contributed by atoms with van der Waals surface area (Å²) in [6.07, 6.45) is 1.05. The maximum Gasteiger partial charge on any atom is 0.178 e. The third kappa shape index (κ3) is 4.28. The van der Waals surface area contributed by atoms with Gasteiger partial charge in [-0.05, 0) is 30.7 Å². The molecule has 5 heteroatoms. The largest absolute Gasteiger partial charge is 0.375 e. The van der Waals surface area contributed by atoms with Gasteiger partial charge < -0.3 is 4.90 Å². The quantitative estimate of drug-likeness (QED) is 0.750. The predicted octanol–water partition coefficient (Wildman–Crippen LogP) is 3.09. The first kappa shape index (κ1) is 15.5. The average Bonchev–Trinajstić information content (AvgIpc) is 2.36. The zero-order valence-corrected chi connectivity index (χ0v) is 13.5. The maximum absolute atomic E-state index is 11.7. The van der Waals surface area contributed by atoms with Crippen molar-refractivity contribution < 1.29 is 8.42 Å². The molecule has 1 rings (SSSR count). The van der Waals surface area contributed by atoms with Crippen LogP contribution >= 0.6 is 15.9 Å². The van der Waals surface area contributed by atoms with E-state index in [2.05, 4.69) is 27.8 Å². The van der Waals surface area contributed by atoms with Gasteiger partial charge in [0, 0.05) is 24.1 Å². The zero-order chi connectivity index (χ0) is 13.8. The van der Waals surface area contributed by atoms with Crippen LogP contribution in [0.15, 0.2) is 29.2 Å². The first-order valence-corrected chi connectivity index (χ1v) is 8.61. The molecule has 0 saturated heterocycles. The number of hydrogen-bond acceptors (Lipinski definition) is 3. The van der Waals surface area contributed by atoms with Crippen molar-refractivity contribution in [2.45, 2.75) is 30.0 Å². The Balaban J connectivity index is 2.77. The van der Waals surface area contributed by atoms with Crippen LogP contribution in [0.2, 0.25) is 0 Å². The lowest BCUT2D eigenvalue weighted by Crippen LogP contribution is -2.20. The minimum Gasteiger partial charge on any atom is -0.375 e. The van der Waals surface area contributed by atoms with Gasteiger partial charge in [0.25, 0.3) is 0 Å². The molecule has 1 atom stereocenters. The van der Waals surface area contributed by atoms with Crippen LogP contribution in [0.5, 0.6) is 0 Å². The van der Waals surface area contributed by atoms with Crippen LogP contribution in [0.1, 0.15) is 20.3 Å². The average molecular weight is 334 g/mol. The van der Waals surface area contributed by atoms with E-state index in [0.29, 0.717) is 9.72 Å². The molecule has 1 aromatic carbocycles. The Bertz CT molecular complexity index is 468. The standard InChI is InChI=1S/C13H20BrNO2S/c1-4-18(16,17)13-7-5-12(6-8-13)15(3)10-9-11(2)14/h5-8,11H,4,9-10H2,1-3H3. The van der Waals surface area contributed by atoms with E-state index >= 15 is 0 Å². The maximum atomic E-state index is 11.7. The molecule has 0 aliphatic heterocycles. The zero-order valence-electron chi connectivity index (χ0n) is 11.1. The number of hydrogen-bond donors (Lipinski definition) is 0. The lowest BCUT2D eigenvalue weighted by atomic mass is 10.2. The second-order valence-electron chi connectivity index (χ2n) is 4.39. The lowest BCUT2D eigenvalue weighted by Gasteiger charge is -2.20. The third-order valence-electron chi connectivity index (χ3n) is 2.88. The van der Waals surface area contributed by atoms with Crippen LogP contribution in [0.25, 0.3) is 0 Å². The smallest absolute Gasteiger partial charge is 0.178 e. The predicted molar refractivity (Wildman–Crippen MR) is 80.4 cm³/mol. The van der Waals surface area contributed by atoms with Crippen molar-refractivity contribution >= 4 is 31.5 Å². The molecule has 0 aromatic heterocycles. The van der Waals surface area contributed by atoms with Gasteiger partial charge >= 0.3 is 0 Å². The van der Waals surface area contributed by atoms with E-state index in [1.807, 2.05) is 19.2 Å². The summed E-state index contributed by atoms with van der Waals surface area (Å²) in [4.78, 5) is 3.01. The fraction of sp³-hybridized carbons (Fsp3) is 0.538. The Morgan fingerprint density at radius 3 is 2.28 bits per heavy atom. The third-order valence-corrected chi connectivity index (χ3v) is 5.09. The van der Waals surface area contributed by atoms with Crippen LogP contribution in [0.3, 0.4) is 0 Å². The second-order valence-corrected chi connectivity index (χ2v) is 8.23. The number of rotatable bonds is 6. The van der Waals surface area contributed by atoms with E-state index in [1.54, 1.807) is 19.1 Å². The molecule has 0 amide bonds. The van der Waals surface area contributed by atoms with Gasteiger partial charge in [-0.1, -0.05) is 29.8 Å². The van der Waals surface area contributed by atoms with Crippen molar-refractivity contribution in [3.05, 3.63) is 24.3 Å². The second kappa shape index (κ2) is 6.57. The molecule has 0 aliphatic rings. The number of alkyl halides is 1. The minimum absolute atomic E-state index is 0.142. The Kier molecular flexibility index (Phi) is 5.66. The molecule has 18 heavy (non-hydrogen) atoms. The van der Waals surface area contributed by atoms with E-state index in [4.69, 9.17) is 0 Å². The van der Waals surface area contributed by atoms with Crippen LogP contribution in [-0.4, -0.2) is 32.6 Å². The van der Waals surface area contributed by atoms with Crippen molar-refractivity contribution in [2.75, 3.05) is 24.2 Å². The molecular weight excluding hydrogens is 314 g/mol. The van der Waals surface area contributed by atoms with Crippen LogP contribution < -0.4 is 4.90 Å². The van der Waals surface area contributed by atoms with Crippen molar-refractivity contribution in [2.24, 2.45) is 0 Å². The van der Waals surface area contributed by atoms with E-state index in [1.165, 1.54) is 0 Å². The lowest BCUT2D eigenvalue weighted by molar-refractivity contribution is 0.597. The summed E-state index contributed by atoms with van der Waals surface area (Å²) in [6.45, 7) is 4.71. The summed E-state index contributed by atoms with van der Waals surface area (Å²) in [6, 6.07) is 7.09. The van der Waals surface area contributed by atoms with Gasteiger partial charge in [-0.15, -0.1) is 0 Å². The summed E-state index contributed by atoms with van der Waals surface area (Å²) < 4.78 is 23.4. The molecular formula is C13H20BrNO2S. The molecule has 3 nitrogen and oxygen atoms in total. The number of nitrogens with zero attached hydrogens (tertiary/aromatic N) is 1. The molecule has 0 saturated carbocycles. The highest BCUT2D eigenvalue weighted by atomic mass is 79.9. The molecule has 1 unspecified atom stereocenters.